The van der Waals surface area contributed by atoms with Crippen LogP contribution >= 0.6 is 0 Å². The second kappa shape index (κ2) is 4.83. The Morgan fingerprint density at radius 1 is 1.23 bits per heavy atom. The molecule has 0 radical (unpaired) electrons. The lowest BCUT2D eigenvalue weighted by Crippen LogP contribution is -2.60. The third-order valence-electron chi connectivity index (χ3n) is 6.74. The maximum absolute atomic E-state index is 13.1. The van der Waals surface area contributed by atoms with E-state index < -0.39 is 0 Å². The Bertz CT molecular complexity index is 506. The monoisotopic (exact) mass is 302 g/mol. The highest BCUT2D eigenvalue weighted by Gasteiger charge is 2.62. The molecule has 1 amide bonds. The first kappa shape index (κ1) is 14.7. The molecule has 0 aromatic heterocycles. The number of nitrogens with one attached hydrogen (secondary N) is 2. The van der Waals surface area contributed by atoms with Gasteiger partial charge in [-0.05, 0) is 68.2 Å². The molecule has 0 aromatic rings. The van der Waals surface area contributed by atoms with E-state index in [1.54, 1.807) is 0 Å². The van der Waals surface area contributed by atoms with Crippen molar-refractivity contribution in [3.05, 3.63) is 11.6 Å². The zero-order valence-corrected chi connectivity index (χ0v) is 14.1. The van der Waals surface area contributed by atoms with Gasteiger partial charge < -0.3 is 10.6 Å². The molecule has 0 aromatic carbocycles. The molecule has 1 aliphatic heterocycles. The number of rotatable bonds is 3. The van der Waals surface area contributed by atoms with Crippen LogP contribution in [0.25, 0.3) is 0 Å². The van der Waals surface area contributed by atoms with Gasteiger partial charge in [-0.15, -0.1) is 0 Å². The van der Waals surface area contributed by atoms with Crippen LogP contribution in [0.1, 0.15) is 58.8 Å². The van der Waals surface area contributed by atoms with E-state index >= 15 is 0 Å². The summed E-state index contributed by atoms with van der Waals surface area (Å²) < 4.78 is 0. The third-order valence-corrected chi connectivity index (χ3v) is 6.74. The van der Waals surface area contributed by atoms with Crippen molar-refractivity contribution >= 4 is 5.91 Å². The summed E-state index contributed by atoms with van der Waals surface area (Å²) in [6.07, 6.45) is 10.8. The number of carbonyl (C=O) groups excluding carboxylic acids is 1. The van der Waals surface area contributed by atoms with Crippen molar-refractivity contribution in [3.8, 4) is 0 Å². The van der Waals surface area contributed by atoms with Gasteiger partial charge in [0.2, 0.25) is 5.91 Å². The first-order valence-electron chi connectivity index (χ1n) is 9.08. The van der Waals surface area contributed by atoms with Crippen LogP contribution in [0.15, 0.2) is 11.6 Å². The second-order valence-corrected chi connectivity index (χ2v) is 9.41. The predicted molar refractivity (Wildman–Crippen MR) is 88.4 cm³/mol. The maximum atomic E-state index is 13.1. The lowest BCUT2D eigenvalue weighted by molar-refractivity contribution is -0.170. The molecule has 4 fully saturated rings. The molecule has 2 unspecified atom stereocenters. The fourth-order valence-corrected chi connectivity index (χ4v) is 6.91. The molecule has 4 bridgehead atoms. The van der Waals surface area contributed by atoms with Crippen LogP contribution in [0.3, 0.4) is 0 Å². The summed E-state index contributed by atoms with van der Waals surface area (Å²) in [6.45, 7) is 7.64. The van der Waals surface area contributed by atoms with E-state index in [9.17, 15) is 4.79 Å². The smallest absolute Gasteiger partial charge is 0.226 e. The summed E-state index contributed by atoms with van der Waals surface area (Å²) in [4.78, 5) is 13.1. The van der Waals surface area contributed by atoms with Crippen molar-refractivity contribution in [2.24, 2.45) is 22.2 Å². The average molecular weight is 302 g/mol. The maximum Gasteiger partial charge on any atom is 0.226 e. The first-order chi connectivity index (χ1) is 10.4. The first-order valence-corrected chi connectivity index (χ1v) is 9.08. The third kappa shape index (κ3) is 2.42. The van der Waals surface area contributed by atoms with Crippen LogP contribution in [-0.4, -0.2) is 25.5 Å². The van der Waals surface area contributed by atoms with Crippen molar-refractivity contribution in [1.29, 1.82) is 0 Å². The van der Waals surface area contributed by atoms with Gasteiger partial charge in [0.15, 0.2) is 0 Å². The van der Waals surface area contributed by atoms with E-state index in [4.69, 9.17) is 0 Å². The number of amides is 1. The van der Waals surface area contributed by atoms with Gasteiger partial charge in [-0.2, -0.15) is 0 Å². The van der Waals surface area contributed by atoms with Crippen molar-refractivity contribution in [1.82, 2.24) is 10.6 Å². The minimum Gasteiger partial charge on any atom is -0.352 e. The largest absolute Gasteiger partial charge is 0.352 e. The van der Waals surface area contributed by atoms with E-state index in [1.807, 2.05) is 0 Å². The Kier molecular flexibility index (Phi) is 3.24. The summed E-state index contributed by atoms with van der Waals surface area (Å²) in [5.41, 5.74) is 2.17. The number of hydrogen-bond acceptors (Lipinski definition) is 2. The molecule has 0 spiro atoms. The minimum atomic E-state index is -0.0591. The molecule has 0 saturated heterocycles. The van der Waals surface area contributed by atoms with Crippen LogP contribution < -0.4 is 10.6 Å². The van der Waals surface area contributed by atoms with Crippen molar-refractivity contribution in [3.63, 3.8) is 0 Å². The normalized spacial score (nSPS) is 46.5. The van der Waals surface area contributed by atoms with Crippen LogP contribution in [0.4, 0.5) is 0 Å². The highest BCUT2D eigenvalue weighted by atomic mass is 16.2. The molecule has 122 valence electrons. The summed E-state index contributed by atoms with van der Waals surface area (Å²) in [6, 6.07) is 0. The molecule has 3 heteroatoms. The average Bonchev–Trinajstić information content (AvgIpc) is 2.42. The minimum absolute atomic E-state index is 0.0591. The van der Waals surface area contributed by atoms with E-state index in [-0.39, 0.29) is 5.41 Å². The molecule has 1 heterocycles. The Morgan fingerprint density at radius 2 is 1.95 bits per heavy atom. The van der Waals surface area contributed by atoms with Crippen molar-refractivity contribution < 1.29 is 4.79 Å². The molecule has 3 nitrogen and oxygen atoms in total. The molecule has 5 aliphatic rings. The van der Waals surface area contributed by atoms with Crippen LogP contribution in [0.2, 0.25) is 0 Å². The molecule has 22 heavy (non-hydrogen) atoms. The molecule has 2 atom stereocenters. The molecule has 2 N–H and O–H groups in total. The van der Waals surface area contributed by atoms with E-state index in [0.29, 0.717) is 16.7 Å². The van der Waals surface area contributed by atoms with Crippen molar-refractivity contribution in [2.75, 3.05) is 19.6 Å². The zero-order chi connectivity index (χ0) is 15.4. The molecule has 4 saturated carbocycles. The Morgan fingerprint density at radius 3 is 2.55 bits per heavy atom. The highest BCUT2D eigenvalue weighted by Crippen LogP contribution is 2.69. The Hall–Kier alpha value is -0.830. The van der Waals surface area contributed by atoms with Gasteiger partial charge in [-0.25, -0.2) is 0 Å². The zero-order valence-electron chi connectivity index (χ0n) is 14.1. The van der Waals surface area contributed by atoms with E-state index in [1.165, 1.54) is 24.8 Å². The summed E-state index contributed by atoms with van der Waals surface area (Å²) in [5.74, 6) is 1.14. The van der Waals surface area contributed by atoms with Gasteiger partial charge in [-0.1, -0.05) is 25.5 Å². The van der Waals surface area contributed by atoms with Crippen LogP contribution in [0, 0.1) is 22.2 Å². The summed E-state index contributed by atoms with van der Waals surface area (Å²) >= 11 is 0. The predicted octanol–water partition coefficient (Wildman–Crippen LogP) is 3.02. The fraction of sp³-hybridized carbons (Fsp3) is 0.842. The van der Waals surface area contributed by atoms with Gasteiger partial charge in [0.25, 0.3) is 0 Å². The standard InChI is InChI=1S/C19H30N2O/c1-17-7-15-8-18(2,11-17)13-19(9-15,12-17)16(22)21-10-14-3-5-20-6-4-14/h3,15,20H,4-13H2,1-2H3,(H,21,22). The molecule has 5 rings (SSSR count). The second-order valence-electron chi connectivity index (χ2n) is 9.41. The van der Waals surface area contributed by atoms with Gasteiger partial charge in [0, 0.05) is 13.1 Å². The highest BCUT2D eigenvalue weighted by molar-refractivity contribution is 5.83. The summed E-state index contributed by atoms with van der Waals surface area (Å²) in [7, 11) is 0. The number of hydrogen-bond donors (Lipinski definition) is 2. The van der Waals surface area contributed by atoms with Gasteiger partial charge >= 0.3 is 0 Å². The summed E-state index contributed by atoms with van der Waals surface area (Å²) in [5, 5.41) is 6.64. The Labute approximate surface area is 134 Å². The van der Waals surface area contributed by atoms with Crippen molar-refractivity contribution in [2.45, 2.75) is 58.8 Å². The SMILES string of the molecule is CC12CC3CC(C)(C1)CC(C(=O)NCC1=CCNCC1)(C3)C2. The molecular weight excluding hydrogens is 272 g/mol. The number of carbonyl (C=O) groups is 1. The van der Waals surface area contributed by atoms with Gasteiger partial charge in [-0.3, -0.25) is 4.79 Å². The van der Waals surface area contributed by atoms with Crippen LogP contribution in [0.5, 0.6) is 0 Å². The lowest BCUT2D eigenvalue weighted by atomic mass is 9.40. The molecular formula is C19H30N2O. The van der Waals surface area contributed by atoms with E-state index in [0.717, 1.165) is 51.2 Å². The Balaban J connectivity index is 1.49. The van der Waals surface area contributed by atoms with Gasteiger partial charge in [0.1, 0.15) is 0 Å². The van der Waals surface area contributed by atoms with E-state index in [2.05, 4.69) is 30.6 Å². The van der Waals surface area contributed by atoms with Gasteiger partial charge in [0.05, 0.1) is 5.41 Å². The van der Waals surface area contributed by atoms with Crippen LogP contribution in [-0.2, 0) is 4.79 Å². The fourth-order valence-electron chi connectivity index (χ4n) is 6.91. The quantitative estimate of drug-likeness (QED) is 0.787. The topological polar surface area (TPSA) is 41.1 Å². The molecule has 4 aliphatic carbocycles. The lowest BCUT2D eigenvalue weighted by Gasteiger charge is -2.64.